The molecular formula is C25H17ClF2N4O4S2. The van der Waals surface area contributed by atoms with Gasteiger partial charge >= 0.3 is 0 Å². The third kappa shape index (κ3) is 4.51. The molecule has 194 valence electrons. The van der Waals surface area contributed by atoms with E-state index in [0.717, 1.165) is 54.1 Å². The highest BCUT2D eigenvalue weighted by atomic mass is 35.5. The van der Waals surface area contributed by atoms with Gasteiger partial charge in [-0.15, -0.1) is 0 Å². The number of aromatic nitrogens is 3. The summed E-state index contributed by atoms with van der Waals surface area (Å²) in [6.45, 7) is 1.90. The molecule has 0 N–H and O–H groups in total. The zero-order chi connectivity index (χ0) is 27.2. The van der Waals surface area contributed by atoms with Crippen LogP contribution in [0.3, 0.4) is 0 Å². The van der Waals surface area contributed by atoms with Crippen molar-refractivity contribution in [3.05, 3.63) is 108 Å². The van der Waals surface area contributed by atoms with Gasteiger partial charge in [0.15, 0.2) is 5.15 Å². The summed E-state index contributed by atoms with van der Waals surface area (Å²) >= 11 is 6.30. The average molecular weight is 575 g/mol. The Morgan fingerprint density at radius 2 is 1.34 bits per heavy atom. The quantitative estimate of drug-likeness (QED) is 0.258. The number of hydrogen-bond donors (Lipinski definition) is 0. The highest BCUT2D eigenvalue weighted by Crippen LogP contribution is 2.37. The lowest BCUT2D eigenvalue weighted by atomic mass is 10.2. The second-order valence-corrected chi connectivity index (χ2v) is 12.4. The minimum absolute atomic E-state index is 0.118. The standard InChI is InChI=1S/C25H17ClF2N4O4S2/c1-16-10-11-31-23(15-29-24(31)12-16)17-13-22(25(26)30-14-17)32(37(33,34)20-6-2-18(27)3-7-20)38(35,36)21-8-4-19(28)5-9-21/h2-15H,1H3. The Hall–Kier alpha value is -3.87. The van der Waals surface area contributed by atoms with Gasteiger partial charge in [0, 0.05) is 18.0 Å². The van der Waals surface area contributed by atoms with Crippen molar-refractivity contribution in [2.24, 2.45) is 0 Å². The Kier molecular flexibility index (Phi) is 6.41. The van der Waals surface area contributed by atoms with Gasteiger partial charge in [-0.05, 0) is 79.2 Å². The molecule has 3 heterocycles. The normalized spacial score (nSPS) is 12.1. The van der Waals surface area contributed by atoms with Gasteiger partial charge in [0.1, 0.15) is 23.0 Å². The van der Waals surface area contributed by atoms with Gasteiger partial charge in [-0.25, -0.2) is 35.6 Å². The lowest BCUT2D eigenvalue weighted by molar-refractivity contribution is 0.583. The number of rotatable bonds is 6. The Bertz CT molecular complexity index is 1820. The third-order valence-electron chi connectivity index (χ3n) is 5.64. The monoisotopic (exact) mass is 574 g/mol. The number of imidazole rings is 1. The molecule has 0 atom stereocenters. The van der Waals surface area contributed by atoms with E-state index in [1.807, 2.05) is 19.1 Å². The zero-order valence-corrected chi connectivity index (χ0v) is 21.8. The minimum Gasteiger partial charge on any atom is -0.300 e. The van der Waals surface area contributed by atoms with E-state index >= 15 is 0 Å². The highest BCUT2D eigenvalue weighted by Gasteiger charge is 2.39. The van der Waals surface area contributed by atoms with Crippen molar-refractivity contribution in [2.75, 3.05) is 3.71 Å². The zero-order valence-electron chi connectivity index (χ0n) is 19.5. The van der Waals surface area contributed by atoms with E-state index in [4.69, 9.17) is 11.6 Å². The predicted molar refractivity (Wildman–Crippen MR) is 138 cm³/mol. The van der Waals surface area contributed by atoms with Crippen molar-refractivity contribution in [3.8, 4) is 11.3 Å². The van der Waals surface area contributed by atoms with Crippen LogP contribution in [0, 0.1) is 18.6 Å². The topological polar surface area (TPSA) is 102 Å². The summed E-state index contributed by atoms with van der Waals surface area (Å²) < 4.78 is 84.1. The summed E-state index contributed by atoms with van der Waals surface area (Å²) in [5, 5.41) is -0.435. The summed E-state index contributed by atoms with van der Waals surface area (Å²) in [5.74, 6) is -1.44. The minimum atomic E-state index is -4.90. The van der Waals surface area contributed by atoms with Crippen LogP contribution in [-0.2, 0) is 20.0 Å². The van der Waals surface area contributed by atoms with E-state index in [1.165, 1.54) is 18.5 Å². The van der Waals surface area contributed by atoms with Crippen LogP contribution in [0.2, 0.25) is 5.15 Å². The van der Waals surface area contributed by atoms with Gasteiger partial charge in [-0.2, -0.15) is 3.71 Å². The van der Waals surface area contributed by atoms with Crippen LogP contribution in [-0.4, -0.2) is 31.2 Å². The molecule has 13 heteroatoms. The molecule has 0 unspecified atom stereocenters. The first-order chi connectivity index (χ1) is 18.0. The number of sulfonamides is 2. The van der Waals surface area contributed by atoms with E-state index in [9.17, 15) is 25.6 Å². The SMILES string of the molecule is Cc1ccn2c(-c3cnc(Cl)c(N(S(=O)(=O)c4ccc(F)cc4)S(=O)(=O)c4ccc(F)cc4)c3)cnc2c1. The number of anilines is 1. The molecule has 0 aliphatic rings. The van der Waals surface area contributed by atoms with Gasteiger partial charge in [0.2, 0.25) is 0 Å². The van der Waals surface area contributed by atoms with Crippen molar-refractivity contribution in [2.45, 2.75) is 16.7 Å². The van der Waals surface area contributed by atoms with Crippen LogP contribution in [0.5, 0.6) is 0 Å². The van der Waals surface area contributed by atoms with Crippen LogP contribution in [0.1, 0.15) is 5.56 Å². The smallest absolute Gasteiger partial charge is 0.277 e. The first kappa shape index (κ1) is 25.8. The number of nitrogens with zero attached hydrogens (tertiary/aromatic N) is 4. The molecule has 0 fully saturated rings. The Morgan fingerprint density at radius 3 is 1.89 bits per heavy atom. The molecule has 0 bridgehead atoms. The number of benzene rings is 2. The third-order valence-corrected chi connectivity index (χ3v) is 10.1. The Balaban J connectivity index is 1.76. The molecule has 0 aliphatic carbocycles. The van der Waals surface area contributed by atoms with Crippen molar-refractivity contribution >= 4 is 43.0 Å². The summed E-state index contributed by atoms with van der Waals surface area (Å²) in [6, 6.07) is 12.2. The second-order valence-electron chi connectivity index (χ2n) is 8.22. The molecule has 5 rings (SSSR count). The molecule has 2 aromatic carbocycles. The molecule has 5 aromatic rings. The Morgan fingerprint density at radius 1 is 0.789 bits per heavy atom. The van der Waals surface area contributed by atoms with E-state index in [2.05, 4.69) is 9.97 Å². The van der Waals surface area contributed by atoms with Crippen LogP contribution in [0.15, 0.2) is 95.1 Å². The fourth-order valence-electron chi connectivity index (χ4n) is 3.79. The maximum atomic E-state index is 13.8. The molecule has 0 spiro atoms. The van der Waals surface area contributed by atoms with Gasteiger partial charge in [0.25, 0.3) is 20.0 Å². The summed E-state index contributed by atoms with van der Waals surface area (Å²) in [7, 11) is -9.81. The fraction of sp³-hybridized carbons (Fsp3) is 0.0400. The molecule has 3 aromatic heterocycles. The highest BCUT2D eigenvalue weighted by molar-refractivity contribution is 8.10. The molecule has 8 nitrogen and oxygen atoms in total. The van der Waals surface area contributed by atoms with Crippen molar-refractivity contribution < 1.29 is 25.6 Å². The molecule has 0 aliphatic heterocycles. The molecule has 38 heavy (non-hydrogen) atoms. The largest absolute Gasteiger partial charge is 0.300 e. The van der Waals surface area contributed by atoms with Crippen LogP contribution < -0.4 is 3.71 Å². The van der Waals surface area contributed by atoms with Crippen LogP contribution in [0.25, 0.3) is 16.9 Å². The van der Waals surface area contributed by atoms with Crippen molar-refractivity contribution in [1.29, 1.82) is 0 Å². The number of pyridine rings is 2. The molecule has 0 radical (unpaired) electrons. The van der Waals surface area contributed by atoms with Gasteiger partial charge in [0.05, 0.1) is 21.7 Å². The Labute approximate surface area is 221 Å². The van der Waals surface area contributed by atoms with Gasteiger partial charge < -0.3 is 0 Å². The summed E-state index contributed by atoms with van der Waals surface area (Å²) in [6.07, 6.45) is 4.63. The average Bonchev–Trinajstić information content (AvgIpc) is 3.28. The summed E-state index contributed by atoms with van der Waals surface area (Å²) in [4.78, 5) is 7.37. The number of fused-ring (bicyclic) bond motifs is 1. The van der Waals surface area contributed by atoms with E-state index in [-0.39, 0.29) is 3.71 Å². The molecule has 0 saturated carbocycles. The first-order valence-electron chi connectivity index (χ1n) is 10.9. The summed E-state index contributed by atoms with van der Waals surface area (Å²) in [5.41, 5.74) is 1.88. The van der Waals surface area contributed by atoms with Crippen molar-refractivity contribution in [1.82, 2.24) is 14.4 Å². The predicted octanol–water partition coefficient (Wildman–Crippen LogP) is 5.22. The molecular weight excluding hydrogens is 558 g/mol. The van der Waals surface area contributed by atoms with E-state index < -0.39 is 52.3 Å². The van der Waals surface area contributed by atoms with Gasteiger partial charge in [-0.1, -0.05) is 11.6 Å². The first-order valence-corrected chi connectivity index (χ1v) is 14.2. The number of hydrogen-bond acceptors (Lipinski definition) is 6. The molecule has 0 saturated heterocycles. The molecule has 0 amide bonds. The van der Waals surface area contributed by atoms with Crippen molar-refractivity contribution in [3.63, 3.8) is 0 Å². The van der Waals surface area contributed by atoms with E-state index in [0.29, 0.717) is 16.9 Å². The maximum Gasteiger partial charge on any atom is 0.277 e. The number of aryl methyl sites for hydroxylation is 1. The maximum absolute atomic E-state index is 13.8. The van der Waals surface area contributed by atoms with Crippen LogP contribution in [0.4, 0.5) is 14.5 Å². The fourth-order valence-corrected chi connectivity index (χ4v) is 7.77. The van der Waals surface area contributed by atoms with Crippen LogP contribution >= 0.6 is 11.6 Å². The number of halogens is 3. The van der Waals surface area contributed by atoms with E-state index in [1.54, 1.807) is 10.6 Å². The lowest BCUT2D eigenvalue weighted by Gasteiger charge is -2.25. The second kappa shape index (κ2) is 9.46. The lowest BCUT2D eigenvalue weighted by Crippen LogP contribution is -2.37. The van der Waals surface area contributed by atoms with Gasteiger partial charge in [-0.3, -0.25) is 4.40 Å².